The first-order chi connectivity index (χ1) is 9.98. The normalized spacial score (nSPS) is 28.6. The van der Waals surface area contributed by atoms with Crippen molar-refractivity contribution < 1.29 is 9.47 Å². The minimum absolute atomic E-state index is 0.0588. The summed E-state index contributed by atoms with van der Waals surface area (Å²) in [6.07, 6.45) is 9.72. The topological polar surface area (TPSA) is 30.5 Å². The molecule has 0 aromatic rings. The van der Waals surface area contributed by atoms with Gasteiger partial charge in [0.15, 0.2) is 0 Å². The van der Waals surface area contributed by atoms with Gasteiger partial charge < -0.3 is 14.8 Å². The van der Waals surface area contributed by atoms with Crippen LogP contribution in [0.4, 0.5) is 0 Å². The number of ether oxygens (including phenoxy) is 2. The Morgan fingerprint density at radius 1 is 1.10 bits per heavy atom. The van der Waals surface area contributed by atoms with Crippen molar-refractivity contribution in [1.29, 1.82) is 0 Å². The van der Waals surface area contributed by atoms with Crippen LogP contribution in [-0.2, 0) is 9.47 Å². The molecular formula is C18H35NO2. The lowest BCUT2D eigenvalue weighted by atomic mass is 9.55. The molecule has 3 heteroatoms. The van der Waals surface area contributed by atoms with Crippen molar-refractivity contribution in [3.05, 3.63) is 0 Å². The van der Waals surface area contributed by atoms with Gasteiger partial charge in [-0.2, -0.15) is 0 Å². The van der Waals surface area contributed by atoms with E-state index in [4.69, 9.17) is 9.47 Å². The fourth-order valence-electron chi connectivity index (χ4n) is 4.01. The molecule has 0 saturated heterocycles. The molecule has 3 nitrogen and oxygen atoms in total. The molecule has 2 aliphatic rings. The Hall–Kier alpha value is -0.120. The summed E-state index contributed by atoms with van der Waals surface area (Å²) in [5.41, 5.74) is 0.367. The third-order valence-corrected chi connectivity index (χ3v) is 5.15. The maximum Gasteiger partial charge on any atom is 0.0707 e. The van der Waals surface area contributed by atoms with Crippen LogP contribution in [0.1, 0.15) is 72.6 Å². The van der Waals surface area contributed by atoms with Crippen LogP contribution in [0.2, 0.25) is 0 Å². The predicted octanol–water partition coefficient (Wildman–Crippen LogP) is 3.91. The third-order valence-electron chi connectivity index (χ3n) is 5.15. The van der Waals surface area contributed by atoms with E-state index in [2.05, 4.69) is 33.0 Å². The second kappa shape index (κ2) is 7.43. The zero-order valence-electron chi connectivity index (χ0n) is 14.5. The van der Waals surface area contributed by atoms with Crippen LogP contribution in [0.15, 0.2) is 0 Å². The van der Waals surface area contributed by atoms with E-state index in [1.807, 2.05) is 0 Å². The molecule has 2 unspecified atom stereocenters. The Labute approximate surface area is 131 Å². The van der Waals surface area contributed by atoms with Crippen LogP contribution in [-0.4, -0.2) is 37.5 Å². The molecular weight excluding hydrogens is 262 g/mol. The van der Waals surface area contributed by atoms with E-state index in [0.717, 1.165) is 13.2 Å². The van der Waals surface area contributed by atoms with E-state index < -0.39 is 0 Å². The third kappa shape index (κ3) is 4.43. The van der Waals surface area contributed by atoms with Crippen molar-refractivity contribution in [3.8, 4) is 0 Å². The van der Waals surface area contributed by atoms with Gasteiger partial charge in [-0.15, -0.1) is 0 Å². The van der Waals surface area contributed by atoms with Gasteiger partial charge in [0.05, 0.1) is 24.9 Å². The Bertz CT molecular complexity index is 305. The molecule has 2 fully saturated rings. The summed E-state index contributed by atoms with van der Waals surface area (Å²) in [4.78, 5) is 0. The molecule has 0 bridgehead atoms. The van der Waals surface area contributed by atoms with Gasteiger partial charge in [0.2, 0.25) is 0 Å². The molecule has 21 heavy (non-hydrogen) atoms. The van der Waals surface area contributed by atoms with Gasteiger partial charge in [-0.25, -0.2) is 0 Å². The monoisotopic (exact) mass is 297 g/mol. The molecule has 1 spiro atoms. The lowest BCUT2D eigenvalue weighted by molar-refractivity contribution is -0.164. The SMILES string of the molecule is CCCNC1CC(OCCOC(C)(C)C)C12CCCCC2. The molecule has 0 amide bonds. The number of nitrogens with one attached hydrogen (secondary N) is 1. The van der Waals surface area contributed by atoms with Gasteiger partial charge in [0.25, 0.3) is 0 Å². The van der Waals surface area contributed by atoms with Gasteiger partial charge in [-0.3, -0.25) is 0 Å². The average Bonchev–Trinajstić information content (AvgIpc) is 2.44. The van der Waals surface area contributed by atoms with Crippen LogP contribution < -0.4 is 5.32 Å². The maximum atomic E-state index is 6.21. The zero-order chi connectivity index (χ0) is 15.3. The first-order valence-electron chi connectivity index (χ1n) is 8.97. The molecule has 124 valence electrons. The number of hydrogen-bond acceptors (Lipinski definition) is 3. The van der Waals surface area contributed by atoms with Crippen LogP contribution in [0.3, 0.4) is 0 Å². The van der Waals surface area contributed by atoms with Gasteiger partial charge in [-0.05, 0) is 53.0 Å². The van der Waals surface area contributed by atoms with E-state index >= 15 is 0 Å². The van der Waals surface area contributed by atoms with Crippen molar-refractivity contribution in [2.24, 2.45) is 5.41 Å². The number of hydrogen-bond donors (Lipinski definition) is 1. The highest BCUT2D eigenvalue weighted by molar-refractivity contribution is 5.08. The molecule has 2 aliphatic carbocycles. The molecule has 1 N–H and O–H groups in total. The van der Waals surface area contributed by atoms with Gasteiger partial charge >= 0.3 is 0 Å². The molecule has 0 heterocycles. The summed E-state index contributed by atoms with van der Waals surface area (Å²) in [5, 5.41) is 3.76. The van der Waals surface area contributed by atoms with E-state index in [1.54, 1.807) is 0 Å². The van der Waals surface area contributed by atoms with Crippen LogP contribution in [0, 0.1) is 5.41 Å². The van der Waals surface area contributed by atoms with E-state index in [9.17, 15) is 0 Å². The lowest BCUT2D eigenvalue weighted by Crippen LogP contribution is -2.64. The Morgan fingerprint density at radius 3 is 2.43 bits per heavy atom. The second-order valence-electron chi connectivity index (χ2n) is 7.86. The second-order valence-corrected chi connectivity index (χ2v) is 7.86. The highest BCUT2D eigenvalue weighted by atomic mass is 16.5. The van der Waals surface area contributed by atoms with Gasteiger partial charge in [-0.1, -0.05) is 26.2 Å². The summed E-state index contributed by atoms with van der Waals surface area (Å²) < 4.78 is 12.0. The van der Waals surface area contributed by atoms with Crippen molar-refractivity contribution >= 4 is 0 Å². The molecule has 0 aromatic carbocycles. The number of rotatable bonds is 7. The smallest absolute Gasteiger partial charge is 0.0707 e. The van der Waals surface area contributed by atoms with E-state index in [1.165, 1.54) is 44.9 Å². The van der Waals surface area contributed by atoms with Crippen molar-refractivity contribution in [3.63, 3.8) is 0 Å². The van der Waals surface area contributed by atoms with Crippen LogP contribution in [0.5, 0.6) is 0 Å². The molecule has 0 radical (unpaired) electrons. The van der Waals surface area contributed by atoms with Crippen molar-refractivity contribution in [2.75, 3.05) is 19.8 Å². The molecule has 2 rings (SSSR count). The standard InChI is InChI=1S/C18H35NO2/c1-5-11-19-15-14-16(18(15)9-7-6-8-10-18)20-12-13-21-17(2,3)4/h15-16,19H,5-14H2,1-4H3. The highest BCUT2D eigenvalue weighted by Crippen LogP contribution is 2.53. The molecule has 2 atom stereocenters. The summed E-state index contributed by atoms with van der Waals surface area (Å²) in [5.74, 6) is 0. The van der Waals surface area contributed by atoms with Gasteiger partial charge in [0, 0.05) is 11.5 Å². The highest BCUT2D eigenvalue weighted by Gasteiger charge is 2.55. The molecule has 0 aliphatic heterocycles. The van der Waals surface area contributed by atoms with E-state index in [-0.39, 0.29) is 5.60 Å². The van der Waals surface area contributed by atoms with Crippen molar-refractivity contribution in [1.82, 2.24) is 5.32 Å². The minimum atomic E-state index is -0.0588. The summed E-state index contributed by atoms with van der Waals surface area (Å²) in [7, 11) is 0. The quantitative estimate of drug-likeness (QED) is 0.723. The summed E-state index contributed by atoms with van der Waals surface area (Å²) in [6.45, 7) is 11.1. The maximum absolute atomic E-state index is 6.21. The zero-order valence-corrected chi connectivity index (χ0v) is 14.5. The van der Waals surface area contributed by atoms with Crippen molar-refractivity contribution in [2.45, 2.75) is 90.4 Å². The summed E-state index contributed by atoms with van der Waals surface area (Å²) >= 11 is 0. The molecule has 0 aromatic heterocycles. The van der Waals surface area contributed by atoms with E-state index in [0.29, 0.717) is 24.2 Å². The Morgan fingerprint density at radius 2 is 1.81 bits per heavy atom. The summed E-state index contributed by atoms with van der Waals surface area (Å²) in [6, 6.07) is 0.686. The molecule has 2 saturated carbocycles. The Kier molecular flexibility index (Phi) is 6.10. The predicted molar refractivity (Wildman–Crippen MR) is 87.7 cm³/mol. The lowest BCUT2D eigenvalue weighted by Gasteiger charge is -2.58. The fraction of sp³-hybridized carbons (Fsp3) is 1.00. The average molecular weight is 297 g/mol. The van der Waals surface area contributed by atoms with Gasteiger partial charge in [0.1, 0.15) is 0 Å². The minimum Gasteiger partial charge on any atom is -0.375 e. The first-order valence-corrected chi connectivity index (χ1v) is 8.97. The Balaban J connectivity index is 1.79. The fourth-order valence-corrected chi connectivity index (χ4v) is 4.01. The van der Waals surface area contributed by atoms with Crippen LogP contribution in [0.25, 0.3) is 0 Å². The largest absolute Gasteiger partial charge is 0.375 e. The first kappa shape index (κ1) is 17.2. The van der Waals surface area contributed by atoms with Crippen LogP contribution >= 0.6 is 0 Å².